The van der Waals surface area contributed by atoms with Gasteiger partial charge in [0.15, 0.2) is 0 Å². The number of carbonyl (C=O) groups excluding carboxylic acids is 2. The van der Waals surface area contributed by atoms with E-state index in [1.807, 2.05) is 72.2 Å². The van der Waals surface area contributed by atoms with Crippen molar-refractivity contribution in [1.29, 1.82) is 0 Å². The van der Waals surface area contributed by atoms with Gasteiger partial charge in [-0.05, 0) is 82.4 Å². The molecular weight excluding hydrogens is 564 g/mol. The zero-order valence-corrected chi connectivity index (χ0v) is 25.7. The molecule has 0 bridgehead atoms. The third-order valence-electron chi connectivity index (χ3n) is 7.97. The van der Waals surface area contributed by atoms with Crippen molar-refractivity contribution in [3.05, 3.63) is 96.8 Å². The Hall–Kier alpha value is -5.09. The second-order valence-corrected chi connectivity index (χ2v) is 11.7. The summed E-state index contributed by atoms with van der Waals surface area (Å²) in [6.07, 6.45) is 6.74. The summed E-state index contributed by atoms with van der Waals surface area (Å²) < 4.78 is 1.88. The molecule has 5 aromatic rings. The zero-order chi connectivity index (χ0) is 31.2. The highest BCUT2D eigenvalue weighted by Gasteiger charge is 2.26. The highest BCUT2D eigenvalue weighted by molar-refractivity contribution is 5.96. The van der Waals surface area contributed by atoms with Crippen molar-refractivity contribution in [1.82, 2.24) is 29.4 Å². The van der Waals surface area contributed by atoms with E-state index >= 15 is 0 Å². The van der Waals surface area contributed by atoms with Crippen LogP contribution >= 0.6 is 0 Å². The molecule has 4 heterocycles. The molecule has 230 valence electrons. The number of nitrogens with zero attached hydrogens (tertiary/aromatic N) is 6. The molecular formula is C35H38N8O2. The molecule has 1 fully saturated rings. The number of likely N-dealkylation sites (tertiary alicyclic amines) is 1. The average Bonchev–Trinajstić information content (AvgIpc) is 3.45. The lowest BCUT2D eigenvalue weighted by atomic mass is 10.0. The fraction of sp³-hybridized carbons (Fsp3) is 0.286. The summed E-state index contributed by atoms with van der Waals surface area (Å²) in [5.74, 6) is 0.468. The summed E-state index contributed by atoms with van der Waals surface area (Å²) in [7, 11) is 3.98. The number of carbonyl (C=O) groups is 2. The van der Waals surface area contributed by atoms with Gasteiger partial charge in [-0.25, -0.2) is 14.5 Å². The van der Waals surface area contributed by atoms with Crippen LogP contribution in [0.25, 0.3) is 28.0 Å². The third kappa shape index (κ3) is 7.18. The maximum absolute atomic E-state index is 13.4. The number of hydrogen-bond acceptors (Lipinski definition) is 7. The lowest BCUT2D eigenvalue weighted by molar-refractivity contribution is -0.116. The smallest absolute Gasteiger partial charge is 0.253 e. The molecule has 3 aromatic heterocycles. The van der Waals surface area contributed by atoms with Gasteiger partial charge in [-0.2, -0.15) is 5.10 Å². The average molecular weight is 603 g/mol. The van der Waals surface area contributed by atoms with Crippen LogP contribution in [0.5, 0.6) is 0 Å². The maximum atomic E-state index is 13.4. The first kappa shape index (κ1) is 30.0. The summed E-state index contributed by atoms with van der Waals surface area (Å²) in [5, 5.41) is 11.3. The fourth-order valence-electron chi connectivity index (χ4n) is 5.74. The van der Waals surface area contributed by atoms with E-state index in [9.17, 15) is 9.59 Å². The van der Waals surface area contributed by atoms with Crippen LogP contribution in [0.1, 0.15) is 36.0 Å². The summed E-state index contributed by atoms with van der Waals surface area (Å²) in [6.45, 7) is 2.09. The first-order chi connectivity index (χ1) is 21.9. The minimum atomic E-state index is -0.0288. The molecule has 2 N–H and O–H groups in total. The predicted octanol–water partition coefficient (Wildman–Crippen LogP) is 5.46. The van der Waals surface area contributed by atoms with E-state index in [-0.39, 0.29) is 17.9 Å². The summed E-state index contributed by atoms with van der Waals surface area (Å²) in [5.41, 5.74) is 5.85. The van der Waals surface area contributed by atoms with Crippen LogP contribution in [0.4, 0.5) is 11.6 Å². The Morgan fingerprint density at radius 2 is 1.78 bits per heavy atom. The van der Waals surface area contributed by atoms with Crippen molar-refractivity contribution in [2.24, 2.45) is 0 Å². The standard InChI is InChI=1S/C35H38N8O2/c1-41(2)21-9-14-31(44)37-27-17-15-26(16-18-27)34(45)42-22-8-12-28(24-42)38-35-36-20-19-29(39-35)32-30-13-6-7-23-43(30)40-33(32)25-10-4-3-5-11-25/h3-7,10-11,13,15-20,23,28H,8-9,12,14,21-22,24H2,1-2H3,(H,37,44)(H,36,38,39). The zero-order valence-electron chi connectivity index (χ0n) is 25.7. The van der Waals surface area contributed by atoms with Crippen LogP contribution in [0.15, 0.2) is 91.3 Å². The Labute approximate surface area is 263 Å². The van der Waals surface area contributed by atoms with Gasteiger partial charge in [-0.3, -0.25) is 9.59 Å². The molecule has 0 radical (unpaired) electrons. The number of benzene rings is 2. The van der Waals surface area contributed by atoms with E-state index in [1.54, 1.807) is 30.5 Å². The highest BCUT2D eigenvalue weighted by Crippen LogP contribution is 2.34. The molecule has 10 nitrogen and oxygen atoms in total. The van der Waals surface area contributed by atoms with Crippen molar-refractivity contribution in [3.8, 4) is 22.5 Å². The molecule has 1 saturated heterocycles. The number of aromatic nitrogens is 4. The normalized spacial score (nSPS) is 14.9. The Balaban J connectivity index is 1.13. The minimum Gasteiger partial charge on any atom is -0.350 e. The van der Waals surface area contributed by atoms with Crippen molar-refractivity contribution in [2.45, 2.75) is 31.7 Å². The summed E-state index contributed by atoms with van der Waals surface area (Å²) >= 11 is 0. The second kappa shape index (κ2) is 13.7. The Bertz CT molecular complexity index is 1770. The van der Waals surface area contributed by atoms with E-state index in [2.05, 4.69) is 32.7 Å². The number of fused-ring (bicyclic) bond motifs is 1. The molecule has 1 unspecified atom stereocenters. The number of anilines is 2. The largest absolute Gasteiger partial charge is 0.350 e. The third-order valence-corrected chi connectivity index (χ3v) is 7.97. The van der Waals surface area contributed by atoms with Gasteiger partial charge in [0.2, 0.25) is 11.9 Å². The monoisotopic (exact) mass is 602 g/mol. The molecule has 10 heteroatoms. The Morgan fingerprint density at radius 3 is 2.58 bits per heavy atom. The molecule has 1 aliphatic rings. The van der Waals surface area contributed by atoms with E-state index in [4.69, 9.17) is 10.1 Å². The number of pyridine rings is 1. The first-order valence-electron chi connectivity index (χ1n) is 15.4. The van der Waals surface area contributed by atoms with Crippen LogP contribution in [0.3, 0.4) is 0 Å². The van der Waals surface area contributed by atoms with Crippen LogP contribution in [0.2, 0.25) is 0 Å². The topological polar surface area (TPSA) is 108 Å². The van der Waals surface area contributed by atoms with Gasteiger partial charge in [0, 0.05) is 54.8 Å². The van der Waals surface area contributed by atoms with Gasteiger partial charge in [-0.15, -0.1) is 0 Å². The number of hydrogen-bond donors (Lipinski definition) is 2. The molecule has 2 amide bonds. The quantitative estimate of drug-likeness (QED) is 0.219. The molecule has 45 heavy (non-hydrogen) atoms. The van der Waals surface area contributed by atoms with Gasteiger partial charge >= 0.3 is 0 Å². The van der Waals surface area contributed by atoms with Gasteiger partial charge in [0.25, 0.3) is 5.91 Å². The van der Waals surface area contributed by atoms with Crippen LogP contribution < -0.4 is 10.6 Å². The molecule has 2 aromatic carbocycles. The molecule has 1 atom stereocenters. The van der Waals surface area contributed by atoms with Gasteiger partial charge in [-0.1, -0.05) is 36.4 Å². The molecule has 0 saturated carbocycles. The minimum absolute atomic E-state index is 0.0103. The lowest BCUT2D eigenvalue weighted by Gasteiger charge is -2.33. The van der Waals surface area contributed by atoms with E-state index < -0.39 is 0 Å². The number of piperidine rings is 1. The molecule has 1 aliphatic heterocycles. The number of nitrogens with one attached hydrogen (secondary N) is 2. The van der Waals surface area contributed by atoms with Gasteiger partial charge in [0.05, 0.1) is 16.8 Å². The van der Waals surface area contributed by atoms with E-state index in [0.717, 1.165) is 53.8 Å². The van der Waals surface area contributed by atoms with Crippen LogP contribution in [-0.2, 0) is 4.79 Å². The first-order valence-corrected chi connectivity index (χ1v) is 15.4. The lowest BCUT2D eigenvalue weighted by Crippen LogP contribution is -2.45. The second-order valence-electron chi connectivity index (χ2n) is 11.7. The van der Waals surface area contributed by atoms with Crippen molar-refractivity contribution in [2.75, 3.05) is 44.4 Å². The highest BCUT2D eigenvalue weighted by atomic mass is 16.2. The Kier molecular flexibility index (Phi) is 9.11. The SMILES string of the molecule is CN(C)CCCC(=O)Nc1ccc(C(=O)N2CCCC(Nc3nccc(-c4c(-c5ccccc5)nn5ccccc45)n3)C2)cc1. The van der Waals surface area contributed by atoms with Crippen molar-refractivity contribution >= 4 is 29.0 Å². The van der Waals surface area contributed by atoms with E-state index in [1.165, 1.54) is 0 Å². The van der Waals surface area contributed by atoms with Crippen LogP contribution in [-0.4, -0.2) is 81.0 Å². The number of rotatable bonds is 10. The molecule has 0 aliphatic carbocycles. The predicted molar refractivity (Wildman–Crippen MR) is 177 cm³/mol. The Morgan fingerprint density at radius 1 is 0.978 bits per heavy atom. The number of amides is 2. The summed E-state index contributed by atoms with van der Waals surface area (Å²) in [6, 6.07) is 25.2. The van der Waals surface area contributed by atoms with Gasteiger partial charge < -0.3 is 20.4 Å². The van der Waals surface area contributed by atoms with Crippen molar-refractivity contribution < 1.29 is 9.59 Å². The summed E-state index contributed by atoms with van der Waals surface area (Å²) in [4.78, 5) is 39.0. The van der Waals surface area contributed by atoms with Gasteiger partial charge in [0.1, 0.15) is 5.69 Å². The molecule has 0 spiro atoms. The van der Waals surface area contributed by atoms with Crippen molar-refractivity contribution in [3.63, 3.8) is 0 Å². The molecule has 6 rings (SSSR count). The van der Waals surface area contributed by atoms with Crippen LogP contribution in [0, 0.1) is 0 Å². The fourth-order valence-corrected chi connectivity index (χ4v) is 5.74. The maximum Gasteiger partial charge on any atom is 0.253 e. The van der Waals surface area contributed by atoms with E-state index in [0.29, 0.717) is 36.7 Å².